The number of Topliss-reactive ketones (excluding diaryl/α,β-unsaturated/α-hetero) is 1. The van der Waals surface area contributed by atoms with Crippen LogP contribution in [0.25, 0.3) is 0 Å². The normalized spacial score (nSPS) is 20.4. The van der Waals surface area contributed by atoms with Gasteiger partial charge in [0, 0.05) is 12.0 Å². The number of rotatable bonds is 1. The third kappa shape index (κ3) is 1.40. The molecular formula is C11H12O3. The molecule has 1 aliphatic rings. The number of benzene rings is 1. The van der Waals surface area contributed by atoms with Crippen molar-refractivity contribution in [2.24, 2.45) is 0 Å². The van der Waals surface area contributed by atoms with Crippen molar-refractivity contribution in [1.29, 1.82) is 0 Å². The van der Waals surface area contributed by atoms with Crippen molar-refractivity contribution in [3.05, 3.63) is 29.3 Å². The van der Waals surface area contributed by atoms with E-state index in [0.29, 0.717) is 24.2 Å². The van der Waals surface area contributed by atoms with Crippen molar-refractivity contribution < 1.29 is 14.6 Å². The smallest absolute Gasteiger partial charge is 0.163 e. The predicted molar refractivity (Wildman–Crippen MR) is 51.5 cm³/mol. The Morgan fingerprint density at radius 1 is 1.50 bits per heavy atom. The Bertz CT molecular complexity index is 371. The fraction of sp³-hybridized carbons (Fsp3) is 0.364. The van der Waals surface area contributed by atoms with Crippen LogP contribution in [0, 0.1) is 0 Å². The Labute approximate surface area is 82.3 Å². The molecule has 3 heteroatoms. The van der Waals surface area contributed by atoms with Crippen molar-refractivity contribution in [3.63, 3.8) is 0 Å². The summed E-state index contributed by atoms with van der Waals surface area (Å²) in [5.74, 6) is 0.746. The number of ketones is 1. The summed E-state index contributed by atoms with van der Waals surface area (Å²) in [6, 6.07) is 5.22. The second kappa shape index (κ2) is 3.42. The molecule has 1 aliphatic carbocycles. The Hall–Kier alpha value is -1.35. The van der Waals surface area contributed by atoms with Gasteiger partial charge in [-0.25, -0.2) is 0 Å². The van der Waals surface area contributed by atoms with Gasteiger partial charge in [0.2, 0.25) is 0 Å². The van der Waals surface area contributed by atoms with E-state index in [1.54, 1.807) is 25.3 Å². The van der Waals surface area contributed by atoms with E-state index < -0.39 is 6.10 Å². The first-order valence-electron chi connectivity index (χ1n) is 4.61. The molecule has 74 valence electrons. The Balaban J connectivity index is 2.50. The Kier molecular flexibility index (Phi) is 2.25. The van der Waals surface area contributed by atoms with E-state index in [2.05, 4.69) is 0 Å². The summed E-state index contributed by atoms with van der Waals surface area (Å²) in [6.45, 7) is 0. The average Bonchev–Trinajstić information content (AvgIpc) is 2.23. The number of carbonyl (C=O) groups is 1. The van der Waals surface area contributed by atoms with E-state index in [1.807, 2.05) is 0 Å². The van der Waals surface area contributed by atoms with Gasteiger partial charge in [0.15, 0.2) is 5.78 Å². The van der Waals surface area contributed by atoms with Crippen LogP contribution in [0.2, 0.25) is 0 Å². The number of fused-ring (bicyclic) bond motifs is 1. The topological polar surface area (TPSA) is 46.5 Å². The monoisotopic (exact) mass is 192 g/mol. The lowest BCUT2D eigenvalue weighted by Gasteiger charge is -2.20. The number of aliphatic hydroxyl groups excluding tert-OH is 1. The molecule has 1 unspecified atom stereocenters. The summed E-state index contributed by atoms with van der Waals surface area (Å²) >= 11 is 0. The molecule has 1 aromatic rings. The molecular weight excluding hydrogens is 180 g/mol. The fourth-order valence-electron chi connectivity index (χ4n) is 1.75. The molecule has 3 nitrogen and oxygen atoms in total. The van der Waals surface area contributed by atoms with Crippen LogP contribution in [0.15, 0.2) is 18.2 Å². The molecule has 0 fully saturated rings. The van der Waals surface area contributed by atoms with Gasteiger partial charge in [-0.05, 0) is 24.1 Å². The van der Waals surface area contributed by atoms with E-state index in [1.165, 1.54) is 0 Å². The van der Waals surface area contributed by atoms with Gasteiger partial charge in [0.1, 0.15) is 5.75 Å². The molecule has 0 saturated carbocycles. The van der Waals surface area contributed by atoms with Gasteiger partial charge in [0.05, 0.1) is 13.2 Å². The van der Waals surface area contributed by atoms with Crippen LogP contribution in [-0.4, -0.2) is 18.0 Å². The van der Waals surface area contributed by atoms with Crippen molar-refractivity contribution in [2.75, 3.05) is 7.11 Å². The van der Waals surface area contributed by atoms with Gasteiger partial charge >= 0.3 is 0 Å². The third-order valence-electron chi connectivity index (χ3n) is 2.56. The molecule has 2 rings (SSSR count). The summed E-state index contributed by atoms with van der Waals surface area (Å²) < 4.78 is 5.03. The maximum absolute atomic E-state index is 11.5. The quantitative estimate of drug-likeness (QED) is 0.736. The SMILES string of the molecule is COc1ccc2c(c1)C(=O)CCC2O. The van der Waals surface area contributed by atoms with E-state index >= 15 is 0 Å². The highest BCUT2D eigenvalue weighted by Gasteiger charge is 2.24. The van der Waals surface area contributed by atoms with Gasteiger partial charge in [0.25, 0.3) is 0 Å². The van der Waals surface area contributed by atoms with Crippen LogP contribution in [0.3, 0.4) is 0 Å². The minimum Gasteiger partial charge on any atom is -0.497 e. The van der Waals surface area contributed by atoms with Crippen LogP contribution < -0.4 is 4.74 Å². The predicted octanol–water partition coefficient (Wildman–Crippen LogP) is 1.71. The van der Waals surface area contributed by atoms with E-state index in [4.69, 9.17) is 4.74 Å². The first-order chi connectivity index (χ1) is 6.72. The second-order valence-corrected chi connectivity index (χ2v) is 3.43. The molecule has 0 heterocycles. The van der Waals surface area contributed by atoms with Crippen LogP contribution in [0.4, 0.5) is 0 Å². The largest absolute Gasteiger partial charge is 0.497 e. The second-order valence-electron chi connectivity index (χ2n) is 3.43. The summed E-state index contributed by atoms with van der Waals surface area (Å²) in [5.41, 5.74) is 1.32. The van der Waals surface area contributed by atoms with Crippen molar-refractivity contribution in [2.45, 2.75) is 18.9 Å². The molecule has 0 saturated heterocycles. The maximum Gasteiger partial charge on any atom is 0.163 e. The minimum absolute atomic E-state index is 0.0872. The lowest BCUT2D eigenvalue weighted by atomic mass is 9.88. The number of hydrogen-bond acceptors (Lipinski definition) is 3. The van der Waals surface area contributed by atoms with Crippen LogP contribution in [0.1, 0.15) is 34.9 Å². The average molecular weight is 192 g/mol. The molecule has 0 aromatic heterocycles. The number of methoxy groups -OCH3 is 1. The molecule has 0 aliphatic heterocycles. The summed E-state index contributed by atoms with van der Waals surface area (Å²) in [5, 5.41) is 9.65. The third-order valence-corrected chi connectivity index (χ3v) is 2.56. The molecule has 1 atom stereocenters. The zero-order valence-corrected chi connectivity index (χ0v) is 7.99. The number of hydrogen-bond donors (Lipinski definition) is 1. The molecule has 14 heavy (non-hydrogen) atoms. The zero-order chi connectivity index (χ0) is 10.1. The van der Waals surface area contributed by atoms with Gasteiger partial charge in [-0.1, -0.05) is 6.07 Å². The maximum atomic E-state index is 11.5. The summed E-state index contributed by atoms with van der Waals surface area (Å²) in [6.07, 6.45) is 0.438. The zero-order valence-electron chi connectivity index (χ0n) is 7.99. The van der Waals surface area contributed by atoms with Gasteiger partial charge in [-0.3, -0.25) is 4.79 Å². The van der Waals surface area contributed by atoms with Crippen molar-refractivity contribution >= 4 is 5.78 Å². The van der Waals surface area contributed by atoms with Crippen LogP contribution in [-0.2, 0) is 0 Å². The highest BCUT2D eigenvalue weighted by Crippen LogP contribution is 2.31. The first kappa shape index (κ1) is 9.21. The molecule has 0 spiro atoms. The van der Waals surface area contributed by atoms with E-state index in [0.717, 1.165) is 5.56 Å². The standard InChI is InChI=1S/C11H12O3/c1-14-7-2-3-8-9(6-7)11(13)5-4-10(8)12/h2-3,6,10,12H,4-5H2,1H3. The highest BCUT2D eigenvalue weighted by molar-refractivity contribution is 5.99. The van der Waals surface area contributed by atoms with Gasteiger partial charge < -0.3 is 9.84 Å². The number of ether oxygens (including phenoxy) is 1. The number of carbonyl (C=O) groups excluding carboxylic acids is 1. The first-order valence-corrected chi connectivity index (χ1v) is 4.61. The lowest BCUT2D eigenvalue weighted by Crippen LogP contribution is -2.15. The molecule has 0 amide bonds. The minimum atomic E-state index is -0.506. The van der Waals surface area contributed by atoms with Crippen LogP contribution >= 0.6 is 0 Å². The number of aliphatic hydroxyl groups is 1. The summed E-state index contributed by atoms with van der Waals surface area (Å²) in [4.78, 5) is 11.5. The van der Waals surface area contributed by atoms with Gasteiger partial charge in [-0.15, -0.1) is 0 Å². The highest BCUT2D eigenvalue weighted by atomic mass is 16.5. The van der Waals surface area contributed by atoms with Crippen LogP contribution in [0.5, 0.6) is 5.75 Å². The molecule has 0 radical (unpaired) electrons. The fourth-order valence-corrected chi connectivity index (χ4v) is 1.75. The van der Waals surface area contributed by atoms with Gasteiger partial charge in [-0.2, -0.15) is 0 Å². The molecule has 1 N–H and O–H groups in total. The van der Waals surface area contributed by atoms with Crippen molar-refractivity contribution in [3.8, 4) is 5.75 Å². The molecule has 1 aromatic carbocycles. The Morgan fingerprint density at radius 3 is 3.00 bits per heavy atom. The summed E-state index contributed by atoms with van der Waals surface area (Å²) in [7, 11) is 1.56. The van der Waals surface area contributed by atoms with Crippen molar-refractivity contribution in [1.82, 2.24) is 0 Å². The Morgan fingerprint density at radius 2 is 2.29 bits per heavy atom. The van der Waals surface area contributed by atoms with E-state index in [-0.39, 0.29) is 5.78 Å². The lowest BCUT2D eigenvalue weighted by molar-refractivity contribution is 0.0896. The van der Waals surface area contributed by atoms with E-state index in [9.17, 15) is 9.90 Å². The molecule has 0 bridgehead atoms.